The predicted octanol–water partition coefficient (Wildman–Crippen LogP) is 0.177. The van der Waals surface area contributed by atoms with E-state index in [1.807, 2.05) is 6.07 Å². The zero-order chi connectivity index (χ0) is 19.9. The number of benzene rings is 1. The summed E-state index contributed by atoms with van der Waals surface area (Å²) in [7, 11) is 0. The Morgan fingerprint density at radius 2 is 2.04 bits per heavy atom. The van der Waals surface area contributed by atoms with E-state index in [9.17, 15) is 19.2 Å². The zero-order valence-electron chi connectivity index (χ0n) is 15.8. The molecule has 148 valence electrons. The summed E-state index contributed by atoms with van der Waals surface area (Å²) in [4.78, 5) is 50.4. The molecule has 0 saturated carbocycles. The van der Waals surface area contributed by atoms with Crippen molar-refractivity contribution in [1.82, 2.24) is 20.9 Å². The van der Waals surface area contributed by atoms with Crippen LogP contribution in [-0.4, -0.2) is 54.2 Å². The lowest BCUT2D eigenvalue weighted by atomic mass is 9.90. The molecule has 3 aliphatic heterocycles. The van der Waals surface area contributed by atoms with Crippen molar-refractivity contribution < 1.29 is 19.2 Å². The van der Waals surface area contributed by atoms with E-state index >= 15 is 0 Å². The molecule has 28 heavy (non-hydrogen) atoms. The van der Waals surface area contributed by atoms with Crippen LogP contribution in [0.4, 0.5) is 0 Å². The number of amides is 4. The molecule has 3 N–H and O–H groups in total. The van der Waals surface area contributed by atoms with Crippen LogP contribution in [0.15, 0.2) is 18.2 Å². The fraction of sp³-hybridized carbons (Fsp3) is 0.500. The van der Waals surface area contributed by atoms with Gasteiger partial charge in [0.2, 0.25) is 11.8 Å². The Morgan fingerprint density at radius 1 is 1.21 bits per heavy atom. The van der Waals surface area contributed by atoms with Crippen molar-refractivity contribution >= 4 is 23.6 Å². The van der Waals surface area contributed by atoms with E-state index in [1.165, 1.54) is 0 Å². The quantitative estimate of drug-likeness (QED) is 0.625. The van der Waals surface area contributed by atoms with Crippen LogP contribution in [0, 0.1) is 5.41 Å². The second-order valence-corrected chi connectivity index (χ2v) is 8.13. The largest absolute Gasteiger partial charge is 0.316 e. The van der Waals surface area contributed by atoms with Gasteiger partial charge in [0.05, 0.1) is 11.1 Å². The molecule has 3 aliphatic rings. The first kappa shape index (κ1) is 18.8. The fourth-order valence-corrected chi connectivity index (χ4v) is 4.25. The first-order valence-electron chi connectivity index (χ1n) is 9.64. The Balaban J connectivity index is 1.52. The molecule has 1 aromatic rings. The monoisotopic (exact) mass is 384 g/mol. The Kier molecular flexibility index (Phi) is 4.76. The maximum absolute atomic E-state index is 13.0. The first-order valence-corrected chi connectivity index (χ1v) is 9.64. The number of nitrogens with zero attached hydrogens (tertiary/aromatic N) is 1. The van der Waals surface area contributed by atoms with Gasteiger partial charge in [-0.3, -0.25) is 29.4 Å². The Hall–Kier alpha value is -2.58. The molecule has 3 heterocycles. The minimum atomic E-state index is -0.936. The number of hydrogen-bond acceptors (Lipinski definition) is 6. The third-order valence-corrected chi connectivity index (χ3v) is 5.88. The molecule has 8 nitrogen and oxygen atoms in total. The van der Waals surface area contributed by atoms with Crippen LogP contribution < -0.4 is 16.0 Å². The number of hydrogen-bond donors (Lipinski definition) is 3. The van der Waals surface area contributed by atoms with Crippen molar-refractivity contribution in [3.05, 3.63) is 34.9 Å². The molecule has 2 fully saturated rings. The fourth-order valence-electron chi connectivity index (χ4n) is 4.25. The van der Waals surface area contributed by atoms with Gasteiger partial charge in [-0.1, -0.05) is 19.1 Å². The van der Waals surface area contributed by atoms with Crippen LogP contribution >= 0.6 is 0 Å². The lowest BCUT2D eigenvalue weighted by molar-refractivity contribution is -0.136. The molecule has 2 saturated heterocycles. The molecule has 2 atom stereocenters. The summed E-state index contributed by atoms with van der Waals surface area (Å²) in [5, 5.41) is 8.99. The van der Waals surface area contributed by atoms with Crippen molar-refractivity contribution in [2.45, 2.75) is 38.8 Å². The van der Waals surface area contributed by atoms with Crippen LogP contribution in [0.2, 0.25) is 0 Å². The number of fused-ring (bicyclic) bond motifs is 1. The summed E-state index contributed by atoms with van der Waals surface area (Å²) in [5.41, 5.74) is 1.61. The molecule has 0 radical (unpaired) electrons. The number of nitrogens with one attached hydrogen (secondary N) is 3. The second-order valence-electron chi connectivity index (χ2n) is 8.13. The van der Waals surface area contributed by atoms with Gasteiger partial charge >= 0.3 is 0 Å². The van der Waals surface area contributed by atoms with E-state index < -0.39 is 23.8 Å². The van der Waals surface area contributed by atoms with E-state index in [1.54, 1.807) is 12.1 Å². The highest BCUT2D eigenvalue weighted by Gasteiger charge is 2.45. The molecule has 0 aliphatic carbocycles. The van der Waals surface area contributed by atoms with Crippen LogP contribution in [-0.2, 0) is 16.1 Å². The van der Waals surface area contributed by atoms with Crippen LogP contribution in [0.25, 0.3) is 0 Å². The Labute approximate surface area is 163 Å². The minimum absolute atomic E-state index is 0.116. The van der Waals surface area contributed by atoms with E-state index in [2.05, 4.69) is 22.9 Å². The van der Waals surface area contributed by atoms with Crippen molar-refractivity contribution in [1.29, 1.82) is 0 Å². The van der Waals surface area contributed by atoms with Crippen molar-refractivity contribution in [3.8, 4) is 0 Å². The summed E-state index contributed by atoms with van der Waals surface area (Å²) in [6.45, 7) is 5.46. The topological polar surface area (TPSA) is 108 Å². The van der Waals surface area contributed by atoms with Crippen molar-refractivity contribution in [2.24, 2.45) is 5.41 Å². The molecule has 0 bridgehead atoms. The Morgan fingerprint density at radius 3 is 2.75 bits per heavy atom. The highest BCUT2D eigenvalue weighted by atomic mass is 16.2. The van der Waals surface area contributed by atoms with E-state index in [-0.39, 0.29) is 24.2 Å². The molecule has 0 aromatic heterocycles. The third-order valence-electron chi connectivity index (χ3n) is 5.88. The number of rotatable bonds is 5. The van der Waals surface area contributed by atoms with Gasteiger partial charge in [0.1, 0.15) is 6.04 Å². The van der Waals surface area contributed by atoms with E-state index in [0.29, 0.717) is 17.7 Å². The van der Waals surface area contributed by atoms with Gasteiger partial charge in [0, 0.05) is 26.1 Å². The summed E-state index contributed by atoms with van der Waals surface area (Å²) in [5.74, 6) is -1.89. The van der Waals surface area contributed by atoms with Crippen molar-refractivity contribution in [2.75, 3.05) is 19.6 Å². The molecule has 4 amide bonds. The molecular weight excluding hydrogens is 360 g/mol. The summed E-state index contributed by atoms with van der Waals surface area (Å²) in [6.07, 6.45) is 1.37. The number of piperidine rings is 1. The van der Waals surface area contributed by atoms with E-state index in [4.69, 9.17) is 0 Å². The highest BCUT2D eigenvalue weighted by Crippen LogP contribution is 2.30. The minimum Gasteiger partial charge on any atom is -0.316 e. The molecule has 8 heteroatoms. The maximum atomic E-state index is 13.0. The number of imide groups is 2. The lowest BCUT2D eigenvalue weighted by Crippen LogP contribution is -2.54. The highest BCUT2D eigenvalue weighted by molar-refractivity contribution is 6.24. The standard InChI is InChI=1S/C20H24N4O4/c1-20(7-8-21-10-20)11-22-9-12-3-2-4-13-16(12)19(28)24(18(13)27)14-5-6-15(25)23-17(14)26/h2-4,14,21-22H,5-11H2,1H3,(H,23,25,26). The SMILES string of the molecule is CC1(CNCc2cccc3c2C(=O)N(C2CCC(=O)NC2=O)C3=O)CCNC1. The first-order chi connectivity index (χ1) is 13.4. The van der Waals surface area contributed by atoms with Crippen LogP contribution in [0.3, 0.4) is 0 Å². The molecular formula is C20H24N4O4. The van der Waals surface area contributed by atoms with Crippen LogP contribution in [0.5, 0.6) is 0 Å². The lowest BCUT2D eigenvalue weighted by Gasteiger charge is -2.27. The Bertz CT molecular complexity index is 860. The predicted molar refractivity (Wildman–Crippen MR) is 100 cm³/mol. The smallest absolute Gasteiger partial charge is 0.262 e. The van der Waals surface area contributed by atoms with Gasteiger partial charge in [-0.2, -0.15) is 0 Å². The van der Waals surface area contributed by atoms with Gasteiger partial charge in [0.15, 0.2) is 0 Å². The average Bonchev–Trinajstić information content (AvgIpc) is 3.19. The molecule has 2 unspecified atom stereocenters. The zero-order valence-corrected chi connectivity index (χ0v) is 15.8. The summed E-state index contributed by atoms with van der Waals surface area (Å²) >= 11 is 0. The van der Waals surface area contributed by atoms with Crippen LogP contribution in [0.1, 0.15) is 52.5 Å². The van der Waals surface area contributed by atoms with Gasteiger partial charge in [-0.15, -0.1) is 0 Å². The molecule has 4 rings (SSSR count). The van der Waals surface area contributed by atoms with Gasteiger partial charge in [0.25, 0.3) is 11.8 Å². The molecule has 0 spiro atoms. The molecule has 1 aromatic carbocycles. The summed E-state index contributed by atoms with van der Waals surface area (Å²) in [6, 6.07) is 4.27. The van der Waals surface area contributed by atoms with Gasteiger partial charge < -0.3 is 10.6 Å². The number of carbonyl (C=O) groups is 4. The average molecular weight is 384 g/mol. The normalized spacial score (nSPS) is 27.3. The van der Waals surface area contributed by atoms with Crippen molar-refractivity contribution in [3.63, 3.8) is 0 Å². The van der Waals surface area contributed by atoms with Gasteiger partial charge in [-0.05, 0) is 36.4 Å². The second kappa shape index (κ2) is 7.10. The number of carbonyl (C=O) groups excluding carboxylic acids is 4. The third kappa shape index (κ3) is 3.22. The summed E-state index contributed by atoms with van der Waals surface area (Å²) < 4.78 is 0. The van der Waals surface area contributed by atoms with Gasteiger partial charge in [-0.25, -0.2) is 0 Å². The maximum Gasteiger partial charge on any atom is 0.262 e. The van der Waals surface area contributed by atoms with E-state index in [0.717, 1.165) is 36.5 Å².